The molecule has 108 valence electrons. The second-order valence-electron chi connectivity index (χ2n) is 5.53. The van der Waals surface area contributed by atoms with Gasteiger partial charge in [-0.25, -0.2) is 4.98 Å². The predicted octanol–water partition coefficient (Wildman–Crippen LogP) is 3.51. The van der Waals surface area contributed by atoms with Crippen LogP contribution < -0.4 is 4.74 Å². The van der Waals surface area contributed by atoms with Crippen LogP contribution in [0.1, 0.15) is 44.5 Å². The van der Waals surface area contributed by atoms with Gasteiger partial charge in [-0.15, -0.1) is 0 Å². The number of H-pyrrole nitrogens is 1. The molecule has 0 aliphatic carbocycles. The molecule has 0 amide bonds. The number of imidazole rings is 1. The van der Waals surface area contributed by atoms with E-state index in [0.717, 1.165) is 29.0 Å². The molecule has 3 rings (SSSR count). The van der Waals surface area contributed by atoms with E-state index in [2.05, 4.69) is 16.8 Å². The van der Waals surface area contributed by atoms with E-state index < -0.39 is 0 Å². The summed E-state index contributed by atoms with van der Waals surface area (Å²) < 4.78 is 5.28. The largest absolute Gasteiger partial charge is 0.497 e. The zero-order chi connectivity index (χ0) is 13.9. The number of aromatic amines is 1. The highest BCUT2D eigenvalue weighted by molar-refractivity contribution is 5.76. The third kappa shape index (κ3) is 2.52. The monoisotopic (exact) mass is 273 g/mol. The molecule has 0 saturated carbocycles. The van der Waals surface area contributed by atoms with Crippen molar-refractivity contribution in [1.82, 2.24) is 14.9 Å². The summed E-state index contributed by atoms with van der Waals surface area (Å²) in [6, 6.07) is 6.43. The number of likely N-dealkylation sites (tertiary alicyclic amines) is 1. The third-order valence-electron chi connectivity index (χ3n) is 4.24. The van der Waals surface area contributed by atoms with E-state index in [4.69, 9.17) is 9.72 Å². The van der Waals surface area contributed by atoms with Crippen molar-refractivity contribution in [2.45, 2.75) is 38.6 Å². The van der Waals surface area contributed by atoms with Crippen LogP contribution in [-0.2, 0) is 0 Å². The van der Waals surface area contributed by atoms with Gasteiger partial charge in [0.15, 0.2) is 0 Å². The molecule has 4 heteroatoms. The molecule has 0 radical (unpaired) electrons. The fraction of sp³-hybridized carbons (Fsp3) is 0.562. The Morgan fingerprint density at radius 1 is 1.30 bits per heavy atom. The Labute approximate surface area is 120 Å². The summed E-state index contributed by atoms with van der Waals surface area (Å²) >= 11 is 0. The molecule has 4 nitrogen and oxygen atoms in total. The molecule has 1 aliphatic rings. The summed E-state index contributed by atoms with van der Waals surface area (Å²) in [5, 5.41) is 0. The first-order valence-electron chi connectivity index (χ1n) is 7.59. The van der Waals surface area contributed by atoms with Crippen LogP contribution in [0.5, 0.6) is 5.75 Å². The Morgan fingerprint density at radius 3 is 2.80 bits per heavy atom. The second kappa shape index (κ2) is 5.83. The standard InChI is InChI=1S/C16H23N3O/c1-3-15(19-9-5-4-6-10-19)16-17-13-8-7-12(20-2)11-14(13)18-16/h7-8,11,15H,3-6,9-10H2,1-2H3,(H,17,18). The molecule has 1 aromatic heterocycles. The van der Waals surface area contributed by atoms with Crippen LogP contribution in [0, 0.1) is 0 Å². The number of methoxy groups -OCH3 is 1. The van der Waals surface area contributed by atoms with Crippen molar-refractivity contribution < 1.29 is 4.74 Å². The number of ether oxygens (including phenoxy) is 1. The van der Waals surface area contributed by atoms with Crippen LogP contribution in [-0.4, -0.2) is 35.1 Å². The number of aromatic nitrogens is 2. The lowest BCUT2D eigenvalue weighted by Gasteiger charge is -2.32. The van der Waals surface area contributed by atoms with Crippen LogP contribution in [0.25, 0.3) is 11.0 Å². The number of nitrogens with zero attached hydrogens (tertiary/aromatic N) is 2. The summed E-state index contributed by atoms with van der Waals surface area (Å²) in [7, 11) is 1.70. The van der Waals surface area contributed by atoms with Crippen molar-refractivity contribution in [2.75, 3.05) is 20.2 Å². The lowest BCUT2D eigenvalue weighted by Crippen LogP contribution is -2.34. The highest BCUT2D eigenvalue weighted by atomic mass is 16.5. The van der Waals surface area contributed by atoms with Crippen molar-refractivity contribution in [1.29, 1.82) is 0 Å². The number of hydrogen-bond donors (Lipinski definition) is 1. The molecule has 0 spiro atoms. The predicted molar refractivity (Wildman–Crippen MR) is 81.1 cm³/mol. The summed E-state index contributed by atoms with van der Waals surface area (Å²) in [6.07, 6.45) is 5.08. The van der Waals surface area contributed by atoms with E-state index in [0.29, 0.717) is 6.04 Å². The number of benzene rings is 1. The topological polar surface area (TPSA) is 41.1 Å². The third-order valence-corrected chi connectivity index (χ3v) is 4.24. The van der Waals surface area contributed by atoms with Crippen LogP contribution in [0.4, 0.5) is 0 Å². The van der Waals surface area contributed by atoms with Crippen molar-refractivity contribution in [2.24, 2.45) is 0 Å². The Kier molecular flexibility index (Phi) is 3.92. The Hall–Kier alpha value is -1.55. The van der Waals surface area contributed by atoms with Crippen molar-refractivity contribution >= 4 is 11.0 Å². The number of piperidine rings is 1. The molecule has 0 bridgehead atoms. The van der Waals surface area contributed by atoms with Crippen molar-refractivity contribution in [3.8, 4) is 5.75 Å². The van der Waals surface area contributed by atoms with E-state index in [1.165, 1.54) is 32.4 Å². The minimum Gasteiger partial charge on any atom is -0.497 e. The lowest BCUT2D eigenvalue weighted by molar-refractivity contribution is 0.154. The maximum Gasteiger partial charge on any atom is 0.124 e. The first-order valence-corrected chi connectivity index (χ1v) is 7.59. The average Bonchev–Trinajstić information content (AvgIpc) is 2.91. The lowest BCUT2D eigenvalue weighted by atomic mass is 10.1. The number of hydrogen-bond acceptors (Lipinski definition) is 3. The molecule has 20 heavy (non-hydrogen) atoms. The molecule has 1 saturated heterocycles. The number of rotatable bonds is 4. The van der Waals surface area contributed by atoms with Gasteiger partial charge in [-0.2, -0.15) is 0 Å². The molecule has 1 fully saturated rings. The fourth-order valence-corrected chi connectivity index (χ4v) is 3.15. The van der Waals surface area contributed by atoms with Gasteiger partial charge in [0.25, 0.3) is 0 Å². The first-order chi connectivity index (χ1) is 9.81. The molecule has 1 N–H and O–H groups in total. The summed E-state index contributed by atoms with van der Waals surface area (Å²) in [4.78, 5) is 10.8. The maximum absolute atomic E-state index is 5.28. The second-order valence-corrected chi connectivity index (χ2v) is 5.53. The number of nitrogens with one attached hydrogen (secondary N) is 1. The van der Waals surface area contributed by atoms with E-state index in [-0.39, 0.29) is 0 Å². The van der Waals surface area contributed by atoms with Gasteiger partial charge in [0.05, 0.1) is 24.2 Å². The molecule has 2 heterocycles. The quantitative estimate of drug-likeness (QED) is 0.926. The van der Waals surface area contributed by atoms with Gasteiger partial charge in [-0.1, -0.05) is 13.3 Å². The van der Waals surface area contributed by atoms with Gasteiger partial charge in [0.2, 0.25) is 0 Å². The average molecular weight is 273 g/mol. The van der Waals surface area contributed by atoms with Crippen LogP contribution in [0.3, 0.4) is 0 Å². The smallest absolute Gasteiger partial charge is 0.124 e. The van der Waals surface area contributed by atoms with Crippen LogP contribution >= 0.6 is 0 Å². The van der Waals surface area contributed by atoms with E-state index in [9.17, 15) is 0 Å². The summed E-state index contributed by atoms with van der Waals surface area (Å²) in [5.74, 6) is 1.97. The minimum absolute atomic E-state index is 0.411. The Bertz CT molecular complexity index is 572. The van der Waals surface area contributed by atoms with E-state index in [1.54, 1.807) is 7.11 Å². The van der Waals surface area contributed by atoms with Gasteiger partial charge in [-0.05, 0) is 44.5 Å². The van der Waals surface area contributed by atoms with Gasteiger partial charge >= 0.3 is 0 Å². The molecular weight excluding hydrogens is 250 g/mol. The summed E-state index contributed by atoms with van der Waals surface area (Å²) in [6.45, 7) is 4.63. The molecule has 1 unspecified atom stereocenters. The van der Waals surface area contributed by atoms with Crippen molar-refractivity contribution in [3.63, 3.8) is 0 Å². The van der Waals surface area contributed by atoms with Crippen LogP contribution in [0.15, 0.2) is 18.2 Å². The SMILES string of the molecule is CCC(c1nc2ccc(OC)cc2[nH]1)N1CCCCC1. The van der Waals surface area contributed by atoms with Gasteiger partial charge < -0.3 is 9.72 Å². The van der Waals surface area contributed by atoms with Crippen molar-refractivity contribution in [3.05, 3.63) is 24.0 Å². The molecule has 1 atom stereocenters. The molecule has 1 aromatic carbocycles. The maximum atomic E-state index is 5.28. The van der Waals surface area contributed by atoms with Crippen LogP contribution in [0.2, 0.25) is 0 Å². The fourth-order valence-electron chi connectivity index (χ4n) is 3.15. The number of fused-ring (bicyclic) bond motifs is 1. The summed E-state index contributed by atoms with van der Waals surface area (Å²) in [5.41, 5.74) is 2.09. The van der Waals surface area contributed by atoms with Gasteiger partial charge in [0.1, 0.15) is 11.6 Å². The van der Waals surface area contributed by atoms with Gasteiger partial charge in [0, 0.05) is 6.07 Å². The molecule has 1 aliphatic heterocycles. The molecular formula is C16H23N3O. The highest BCUT2D eigenvalue weighted by Gasteiger charge is 2.23. The minimum atomic E-state index is 0.411. The Balaban J connectivity index is 1.90. The zero-order valence-electron chi connectivity index (χ0n) is 12.4. The van der Waals surface area contributed by atoms with E-state index in [1.807, 2.05) is 18.2 Å². The molecule has 2 aromatic rings. The van der Waals surface area contributed by atoms with E-state index >= 15 is 0 Å². The highest BCUT2D eigenvalue weighted by Crippen LogP contribution is 2.28. The first kappa shape index (κ1) is 13.4. The Morgan fingerprint density at radius 2 is 2.10 bits per heavy atom. The zero-order valence-corrected chi connectivity index (χ0v) is 12.4. The van der Waals surface area contributed by atoms with Gasteiger partial charge in [-0.3, -0.25) is 4.90 Å². The normalized spacial score (nSPS) is 18.3.